The summed E-state index contributed by atoms with van der Waals surface area (Å²) in [7, 11) is 0. The third-order valence-corrected chi connectivity index (χ3v) is 3.06. The molecule has 0 unspecified atom stereocenters. The Balaban J connectivity index is 2.43. The van der Waals surface area contributed by atoms with Gasteiger partial charge in [-0.1, -0.05) is 29.3 Å². The van der Waals surface area contributed by atoms with Crippen LogP contribution in [-0.4, -0.2) is 9.97 Å². The maximum Gasteiger partial charge on any atom is 0.165 e. The van der Waals surface area contributed by atoms with E-state index in [1.807, 2.05) is 0 Å². The van der Waals surface area contributed by atoms with E-state index in [9.17, 15) is 4.39 Å². The first-order chi connectivity index (χ1) is 8.49. The summed E-state index contributed by atoms with van der Waals surface area (Å²) in [6.07, 6.45) is 0. The molecule has 0 bridgehead atoms. The molecule has 0 atom stereocenters. The predicted molar refractivity (Wildman–Crippen MR) is 71.2 cm³/mol. The number of benzene rings is 1. The van der Waals surface area contributed by atoms with Crippen LogP contribution in [0, 0.1) is 19.7 Å². The molecule has 0 aliphatic heterocycles. The van der Waals surface area contributed by atoms with Crippen LogP contribution >= 0.6 is 23.2 Å². The monoisotopic (exact) mass is 285 g/mol. The summed E-state index contributed by atoms with van der Waals surface area (Å²) in [5.74, 6) is 0.454. The molecule has 1 aromatic carbocycles. The Morgan fingerprint density at radius 2 is 1.89 bits per heavy atom. The van der Waals surface area contributed by atoms with Crippen molar-refractivity contribution in [3.63, 3.8) is 0 Å². The first kappa shape index (κ1) is 13.1. The second-order valence-electron chi connectivity index (χ2n) is 3.76. The number of halogens is 3. The molecule has 2 rings (SSSR count). The molecule has 18 heavy (non-hydrogen) atoms. The van der Waals surface area contributed by atoms with Gasteiger partial charge in [0.05, 0.1) is 10.7 Å². The Kier molecular flexibility index (Phi) is 3.68. The second-order valence-corrected chi connectivity index (χ2v) is 4.53. The summed E-state index contributed by atoms with van der Waals surface area (Å²) in [4.78, 5) is 8.19. The van der Waals surface area contributed by atoms with Crippen molar-refractivity contribution in [1.82, 2.24) is 9.97 Å². The fourth-order valence-electron chi connectivity index (χ4n) is 1.44. The minimum absolute atomic E-state index is 0.0505. The van der Waals surface area contributed by atoms with Crippen LogP contribution in [0.3, 0.4) is 0 Å². The van der Waals surface area contributed by atoms with Gasteiger partial charge in [-0.2, -0.15) is 0 Å². The number of nitrogens with zero attached hydrogens (tertiary/aromatic N) is 2. The molecule has 0 aliphatic rings. The van der Waals surface area contributed by atoms with Gasteiger partial charge in [0.2, 0.25) is 0 Å². The minimum Gasteiger partial charge on any atom is -0.337 e. The highest BCUT2D eigenvalue weighted by molar-refractivity contribution is 6.31. The number of hydrogen-bond donors (Lipinski definition) is 1. The van der Waals surface area contributed by atoms with Crippen LogP contribution in [0.4, 0.5) is 15.9 Å². The fourth-order valence-corrected chi connectivity index (χ4v) is 1.83. The molecule has 0 amide bonds. The maximum atomic E-state index is 13.7. The smallest absolute Gasteiger partial charge is 0.165 e. The van der Waals surface area contributed by atoms with Gasteiger partial charge in [-0.3, -0.25) is 0 Å². The van der Waals surface area contributed by atoms with E-state index in [4.69, 9.17) is 23.2 Å². The minimum atomic E-state index is -0.522. The molecule has 94 valence electrons. The Bertz CT molecular complexity index is 602. The van der Waals surface area contributed by atoms with E-state index in [0.29, 0.717) is 22.4 Å². The normalized spacial score (nSPS) is 10.5. The molecule has 0 radical (unpaired) electrons. The molecule has 2 aromatic rings. The van der Waals surface area contributed by atoms with Crippen LogP contribution in [0.1, 0.15) is 11.4 Å². The zero-order valence-corrected chi connectivity index (χ0v) is 11.3. The van der Waals surface area contributed by atoms with E-state index in [1.54, 1.807) is 26.0 Å². The van der Waals surface area contributed by atoms with E-state index in [1.165, 1.54) is 6.07 Å². The highest BCUT2D eigenvalue weighted by Gasteiger charge is 2.11. The topological polar surface area (TPSA) is 37.8 Å². The molecule has 1 aromatic heterocycles. The average molecular weight is 286 g/mol. The van der Waals surface area contributed by atoms with Crippen LogP contribution in [0.5, 0.6) is 0 Å². The first-order valence-electron chi connectivity index (χ1n) is 5.21. The first-order valence-corrected chi connectivity index (χ1v) is 5.96. The number of nitrogens with one attached hydrogen (secondary N) is 1. The Morgan fingerprint density at radius 3 is 2.61 bits per heavy atom. The van der Waals surface area contributed by atoms with E-state index in [-0.39, 0.29) is 10.7 Å². The molecule has 0 saturated heterocycles. The van der Waals surface area contributed by atoms with E-state index >= 15 is 0 Å². The number of aryl methyl sites for hydroxylation is 1. The van der Waals surface area contributed by atoms with Crippen LogP contribution in [-0.2, 0) is 0 Å². The zero-order valence-electron chi connectivity index (χ0n) is 9.76. The zero-order chi connectivity index (χ0) is 13.3. The summed E-state index contributed by atoms with van der Waals surface area (Å²) >= 11 is 11.7. The van der Waals surface area contributed by atoms with Gasteiger partial charge in [-0.25, -0.2) is 14.4 Å². The lowest BCUT2D eigenvalue weighted by molar-refractivity contribution is 0.632. The number of rotatable bonds is 2. The van der Waals surface area contributed by atoms with Gasteiger partial charge >= 0.3 is 0 Å². The lowest BCUT2D eigenvalue weighted by Crippen LogP contribution is -2.02. The molecule has 3 nitrogen and oxygen atoms in total. The van der Waals surface area contributed by atoms with E-state index in [2.05, 4.69) is 15.3 Å². The third-order valence-electron chi connectivity index (χ3n) is 2.40. The van der Waals surface area contributed by atoms with Gasteiger partial charge in [-0.15, -0.1) is 0 Å². The van der Waals surface area contributed by atoms with Gasteiger partial charge in [0.25, 0.3) is 0 Å². The van der Waals surface area contributed by atoms with Gasteiger partial charge in [0.1, 0.15) is 16.8 Å². The van der Waals surface area contributed by atoms with Crippen LogP contribution in [0.15, 0.2) is 18.2 Å². The Hall–Kier alpha value is -1.39. The number of hydrogen-bond acceptors (Lipinski definition) is 3. The summed E-state index contributed by atoms with van der Waals surface area (Å²) in [5.41, 5.74) is 0.904. The van der Waals surface area contributed by atoms with Gasteiger partial charge in [-0.05, 0) is 26.0 Å². The summed E-state index contributed by atoms with van der Waals surface area (Å²) in [6.45, 7) is 3.47. The second kappa shape index (κ2) is 5.08. The van der Waals surface area contributed by atoms with E-state index < -0.39 is 5.82 Å². The van der Waals surface area contributed by atoms with Crippen LogP contribution < -0.4 is 5.32 Å². The van der Waals surface area contributed by atoms with Crippen LogP contribution in [0.25, 0.3) is 0 Å². The summed E-state index contributed by atoms with van der Waals surface area (Å²) in [5, 5.41) is 3.26. The van der Waals surface area contributed by atoms with Gasteiger partial charge in [0.15, 0.2) is 5.82 Å². The molecular weight excluding hydrogens is 276 g/mol. The molecule has 0 aliphatic carbocycles. The Labute approximate surface area is 114 Å². The highest BCUT2D eigenvalue weighted by Crippen LogP contribution is 2.27. The maximum absolute atomic E-state index is 13.7. The summed E-state index contributed by atoms with van der Waals surface area (Å²) < 4.78 is 13.7. The average Bonchev–Trinajstić information content (AvgIpc) is 2.31. The standard InChI is InChI=1S/C12H10Cl2FN3/c1-6-11(14)16-7(2)17-12(6)18-9-5-3-4-8(13)10(9)15/h3-5H,1-2H3,(H,16,17,18). The Morgan fingerprint density at radius 1 is 1.17 bits per heavy atom. The van der Waals surface area contributed by atoms with Crippen molar-refractivity contribution in [3.8, 4) is 0 Å². The van der Waals surface area contributed by atoms with Crippen molar-refractivity contribution in [3.05, 3.63) is 45.6 Å². The molecule has 0 saturated carbocycles. The molecular formula is C12H10Cl2FN3. The van der Waals surface area contributed by atoms with E-state index in [0.717, 1.165) is 0 Å². The van der Waals surface area contributed by atoms with Crippen LogP contribution in [0.2, 0.25) is 10.2 Å². The van der Waals surface area contributed by atoms with Gasteiger partial charge < -0.3 is 5.32 Å². The lowest BCUT2D eigenvalue weighted by Gasteiger charge is -2.11. The van der Waals surface area contributed by atoms with Crippen molar-refractivity contribution in [2.45, 2.75) is 13.8 Å². The molecule has 1 N–H and O–H groups in total. The number of aromatic nitrogens is 2. The molecule has 6 heteroatoms. The largest absolute Gasteiger partial charge is 0.337 e. The van der Waals surface area contributed by atoms with Gasteiger partial charge in [0, 0.05) is 5.56 Å². The molecule has 0 fully saturated rings. The van der Waals surface area contributed by atoms with Crippen molar-refractivity contribution in [2.24, 2.45) is 0 Å². The number of anilines is 2. The van der Waals surface area contributed by atoms with Crippen molar-refractivity contribution in [2.75, 3.05) is 5.32 Å². The highest BCUT2D eigenvalue weighted by atomic mass is 35.5. The SMILES string of the molecule is Cc1nc(Cl)c(C)c(Nc2cccc(Cl)c2F)n1. The quantitative estimate of drug-likeness (QED) is 0.837. The molecule has 1 heterocycles. The lowest BCUT2D eigenvalue weighted by atomic mass is 10.2. The molecule has 0 spiro atoms. The van der Waals surface area contributed by atoms with Crippen molar-refractivity contribution in [1.29, 1.82) is 0 Å². The van der Waals surface area contributed by atoms with Crippen molar-refractivity contribution < 1.29 is 4.39 Å². The summed E-state index contributed by atoms with van der Waals surface area (Å²) in [6, 6.07) is 4.71. The van der Waals surface area contributed by atoms with Crippen molar-refractivity contribution >= 4 is 34.7 Å². The predicted octanol–water partition coefficient (Wildman–Crippen LogP) is 4.28. The third kappa shape index (κ3) is 2.54. The fraction of sp³-hybridized carbons (Fsp3) is 0.167.